The predicted molar refractivity (Wildman–Crippen MR) is 145 cm³/mol. The number of benzene rings is 4. The predicted octanol–water partition coefficient (Wildman–Crippen LogP) is 5.76. The molecule has 0 aliphatic carbocycles. The average molecular weight is 572 g/mol. The Kier molecular flexibility index (Phi) is 6.71. The lowest BCUT2D eigenvalue weighted by molar-refractivity contribution is -0.384. The lowest BCUT2D eigenvalue weighted by Gasteiger charge is -2.26. The summed E-state index contributed by atoms with van der Waals surface area (Å²) in [7, 11) is 0. The third-order valence-corrected chi connectivity index (χ3v) is 6.48. The number of rotatable bonds is 6. The van der Waals surface area contributed by atoms with E-state index in [1.165, 1.54) is 18.2 Å². The summed E-state index contributed by atoms with van der Waals surface area (Å²) in [6, 6.07) is 22.7. The van der Waals surface area contributed by atoms with Crippen LogP contribution in [0, 0.1) is 10.1 Å². The van der Waals surface area contributed by atoms with Gasteiger partial charge in [-0.25, -0.2) is 9.69 Å². The highest BCUT2D eigenvalue weighted by Gasteiger charge is 2.37. The Morgan fingerprint density at radius 2 is 1.63 bits per heavy atom. The van der Waals surface area contributed by atoms with Gasteiger partial charge in [-0.3, -0.25) is 25.0 Å². The summed E-state index contributed by atoms with van der Waals surface area (Å²) in [6.07, 6.45) is 1.42. The molecule has 0 saturated carbocycles. The number of non-ortho nitro benzene ring substituents is 1. The van der Waals surface area contributed by atoms with E-state index in [-0.39, 0.29) is 17.9 Å². The van der Waals surface area contributed by atoms with Gasteiger partial charge < -0.3 is 4.74 Å². The van der Waals surface area contributed by atoms with Crippen LogP contribution in [0.25, 0.3) is 16.8 Å². The maximum atomic E-state index is 13.4. The monoisotopic (exact) mass is 571 g/mol. The summed E-state index contributed by atoms with van der Waals surface area (Å²) in [4.78, 5) is 50.2. The lowest BCUT2D eigenvalue weighted by atomic mass is 9.99. The van der Waals surface area contributed by atoms with E-state index in [1.807, 2.05) is 30.3 Å². The zero-order valence-corrected chi connectivity index (χ0v) is 21.2. The first kappa shape index (κ1) is 24.8. The van der Waals surface area contributed by atoms with Crippen molar-refractivity contribution in [1.29, 1.82) is 0 Å². The smallest absolute Gasteiger partial charge is 0.335 e. The summed E-state index contributed by atoms with van der Waals surface area (Å²) in [6.45, 7) is 0.0934. The van der Waals surface area contributed by atoms with Crippen LogP contribution in [0.2, 0.25) is 0 Å². The number of carbonyl (C=O) groups is 3. The Morgan fingerprint density at radius 1 is 0.921 bits per heavy atom. The molecule has 4 aromatic carbocycles. The number of barbiturate groups is 1. The molecule has 1 fully saturated rings. The number of ether oxygens (including phenoxy) is 1. The van der Waals surface area contributed by atoms with Crippen molar-refractivity contribution < 1.29 is 24.0 Å². The Hall–Kier alpha value is -4.83. The second kappa shape index (κ2) is 10.3. The van der Waals surface area contributed by atoms with E-state index >= 15 is 0 Å². The number of anilines is 1. The molecule has 0 spiro atoms. The van der Waals surface area contributed by atoms with Gasteiger partial charge in [0.2, 0.25) is 0 Å². The molecule has 1 N–H and O–H groups in total. The van der Waals surface area contributed by atoms with E-state index in [4.69, 9.17) is 4.74 Å². The highest BCUT2D eigenvalue weighted by molar-refractivity contribution is 9.10. The van der Waals surface area contributed by atoms with Crippen LogP contribution in [0.3, 0.4) is 0 Å². The van der Waals surface area contributed by atoms with Gasteiger partial charge >= 0.3 is 6.03 Å². The fraction of sp³-hybridized carbons (Fsp3) is 0.0357. The van der Waals surface area contributed by atoms with Crippen LogP contribution in [0.5, 0.6) is 5.75 Å². The van der Waals surface area contributed by atoms with E-state index in [0.717, 1.165) is 20.1 Å². The average Bonchev–Trinajstić information content (AvgIpc) is 2.91. The molecular weight excluding hydrogens is 554 g/mol. The Morgan fingerprint density at radius 3 is 2.34 bits per heavy atom. The van der Waals surface area contributed by atoms with Gasteiger partial charge in [0.1, 0.15) is 17.9 Å². The SMILES string of the molecule is O=C1NC(=O)N(c2ccc(Br)cc2)C(=O)/C1=C/c1c(OCc2ccc([N+](=O)[O-])cc2)ccc2ccccc12. The van der Waals surface area contributed by atoms with Gasteiger partial charge in [0, 0.05) is 22.2 Å². The molecule has 4 amide bonds. The number of nitro benzene ring substituents is 1. The van der Waals surface area contributed by atoms with Crippen LogP contribution in [0.15, 0.2) is 95.0 Å². The highest BCUT2D eigenvalue weighted by Crippen LogP contribution is 2.32. The van der Waals surface area contributed by atoms with Crippen molar-refractivity contribution in [3.05, 3.63) is 116 Å². The molecule has 9 nitrogen and oxygen atoms in total. The molecule has 0 atom stereocenters. The van der Waals surface area contributed by atoms with Crippen molar-refractivity contribution in [2.24, 2.45) is 0 Å². The molecule has 0 unspecified atom stereocenters. The van der Waals surface area contributed by atoms with Gasteiger partial charge in [0.25, 0.3) is 17.5 Å². The largest absolute Gasteiger partial charge is 0.488 e. The number of amides is 4. The summed E-state index contributed by atoms with van der Waals surface area (Å²) in [5.41, 5.74) is 1.22. The van der Waals surface area contributed by atoms with Crippen molar-refractivity contribution in [2.45, 2.75) is 6.61 Å². The molecule has 1 heterocycles. The molecule has 1 aliphatic heterocycles. The van der Waals surface area contributed by atoms with E-state index < -0.39 is 22.8 Å². The third-order valence-electron chi connectivity index (χ3n) is 5.95. The number of fused-ring (bicyclic) bond motifs is 1. The summed E-state index contributed by atoms with van der Waals surface area (Å²) in [5, 5.41) is 14.8. The maximum Gasteiger partial charge on any atom is 0.335 e. The minimum atomic E-state index is -0.841. The molecule has 0 aromatic heterocycles. The van der Waals surface area contributed by atoms with Crippen molar-refractivity contribution in [2.75, 3.05) is 4.90 Å². The number of nitrogens with one attached hydrogen (secondary N) is 1. The second-order valence-electron chi connectivity index (χ2n) is 8.35. The van der Waals surface area contributed by atoms with Gasteiger partial charge in [-0.2, -0.15) is 0 Å². The minimum Gasteiger partial charge on any atom is -0.488 e. The molecule has 188 valence electrons. The molecular formula is C28H18BrN3O6. The first-order chi connectivity index (χ1) is 18.3. The molecule has 1 saturated heterocycles. The number of nitro groups is 1. The quantitative estimate of drug-likeness (QED) is 0.136. The Balaban J connectivity index is 1.54. The Bertz CT molecular complexity index is 1630. The second-order valence-corrected chi connectivity index (χ2v) is 9.26. The number of nitrogens with zero attached hydrogens (tertiary/aromatic N) is 2. The topological polar surface area (TPSA) is 119 Å². The van der Waals surface area contributed by atoms with Crippen LogP contribution in [0.4, 0.5) is 16.2 Å². The normalized spacial score (nSPS) is 14.6. The van der Waals surface area contributed by atoms with Crippen molar-refractivity contribution >= 4 is 62.0 Å². The number of hydrogen-bond acceptors (Lipinski definition) is 6. The number of urea groups is 1. The minimum absolute atomic E-state index is 0.0309. The first-order valence-corrected chi connectivity index (χ1v) is 12.2. The zero-order chi connectivity index (χ0) is 26.8. The molecule has 4 aromatic rings. The van der Waals surface area contributed by atoms with Gasteiger partial charge in [0.15, 0.2) is 0 Å². The van der Waals surface area contributed by atoms with Gasteiger partial charge in [-0.1, -0.05) is 46.3 Å². The summed E-state index contributed by atoms with van der Waals surface area (Å²) >= 11 is 3.32. The molecule has 10 heteroatoms. The van der Waals surface area contributed by atoms with Crippen molar-refractivity contribution in [3.8, 4) is 5.75 Å². The molecule has 1 aliphatic rings. The highest BCUT2D eigenvalue weighted by atomic mass is 79.9. The van der Waals surface area contributed by atoms with E-state index in [0.29, 0.717) is 22.6 Å². The van der Waals surface area contributed by atoms with Crippen LogP contribution >= 0.6 is 15.9 Å². The first-order valence-electron chi connectivity index (χ1n) is 11.4. The Labute approximate surface area is 224 Å². The molecule has 0 radical (unpaired) electrons. The van der Waals surface area contributed by atoms with Crippen molar-refractivity contribution in [1.82, 2.24) is 5.32 Å². The summed E-state index contributed by atoms with van der Waals surface area (Å²) < 4.78 is 6.81. The molecule has 0 bridgehead atoms. The zero-order valence-electron chi connectivity index (χ0n) is 19.6. The van der Waals surface area contributed by atoms with Crippen LogP contribution in [-0.2, 0) is 16.2 Å². The standard InChI is InChI=1S/C28H18BrN3O6/c29-19-8-12-20(13-9-19)31-27(34)24(26(33)30-28(31)35)15-23-22-4-2-1-3-18(22)7-14-25(23)38-16-17-5-10-21(11-6-17)32(36)37/h1-15H,16H2,(H,30,33,35)/b24-15+. The van der Waals surface area contributed by atoms with Gasteiger partial charge in [-0.05, 0) is 64.9 Å². The number of imide groups is 2. The van der Waals surface area contributed by atoms with Crippen LogP contribution in [0.1, 0.15) is 11.1 Å². The number of halogens is 1. The van der Waals surface area contributed by atoms with E-state index in [2.05, 4.69) is 21.2 Å². The van der Waals surface area contributed by atoms with Crippen molar-refractivity contribution in [3.63, 3.8) is 0 Å². The fourth-order valence-electron chi connectivity index (χ4n) is 4.05. The fourth-order valence-corrected chi connectivity index (χ4v) is 4.32. The van der Waals surface area contributed by atoms with E-state index in [9.17, 15) is 24.5 Å². The van der Waals surface area contributed by atoms with Gasteiger partial charge in [-0.15, -0.1) is 0 Å². The molecule has 38 heavy (non-hydrogen) atoms. The van der Waals surface area contributed by atoms with Crippen LogP contribution in [-0.4, -0.2) is 22.8 Å². The molecule has 5 rings (SSSR count). The van der Waals surface area contributed by atoms with Crippen LogP contribution < -0.4 is 15.0 Å². The summed E-state index contributed by atoms with van der Waals surface area (Å²) in [5.74, 6) is -1.19. The van der Waals surface area contributed by atoms with Gasteiger partial charge in [0.05, 0.1) is 10.6 Å². The van der Waals surface area contributed by atoms with E-state index in [1.54, 1.807) is 42.5 Å². The number of carbonyl (C=O) groups excluding carboxylic acids is 3. The number of hydrogen-bond donors (Lipinski definition) is 1. The maximum absolute atomic E-state index is 13.4. The third kappa shape index (κ3) is 4.89. The lowest BCUT2D eigenvalue weighted by Crippen LogP contribution is -2.54.